The second-order valence-electron chi connectivity index (χ2n) is 7.82. The number of nitrogens with one attached hydrogen (secondary N) is 2. The lowest BCUT2D eigenvalue weighted by Gasteiger charge is -2.22. The maximum absolute atomic E-state index is 4.77. The van der Waals surface area contributed by atoms with Gasteiger partial charge in [-0.05, 0) is 50.8 Å². The zero-order valence-corrected chi connectivity index (χ0v) is 21.0. The second-order valence-corrected chi connectivity index (χ2v) is 7.82. The van der Waals surface area contributed by atoms with E-state index in [-0.39, 0.29) is 30.0 Å². The summed E-state index contributed by atoms with van der Waals surface area (Å²) >= 11 is 0. The first kappa shape index (κ1) is 24.4. The number of aryl methyl sites for hydroxylation is 1. The summed E-state index contributed by atoms with van der Waals surface area (Å²) in [6.07, 6.45) is 4.84. The molecular formula is C22H36IN7. The van der Waals surface area contributed by atoms with Gasteiger partial charge in [-0.15, -0.1) is 34.2 Å². The molecule has 0 aliphatic carbocycles. The van der Waals surface area contributed by atoms with E-state index in [2.05, 4.69) is 63.8 Å². The molecule has 3 rings (SSSR count). The Labute approximate surface area is 197 Å². The van der Waals surface area contributed by atoms with Crippen LogP contribution in [-0.4, -0.2) is 40.4 Å². The number of halogens is 1. The van der Waals surface area contributed by atoms with E-state index in [1.54, 1.807) is 0 Å². The van der Waals surface area contributed by atoms with Gasteiger partial charge in [0.25, 0.3) is 0 Å². The van der Waals surface area contributed by atoms with Crippen molar-refractivity contribution >= 4 is 35.6 Å². The molecule has 1 aliphatic heterocycles. The minimum Gasteiger partial charge on any atom is -0.372 e. The predicted octanol–water partition coefficient (Wildman–Crippen LogP) is 3.94. The molecule has 0 amide bonds. The van der Waals surface area contributed by atoms with Crippen LogP contribution in [0, 0.1) is 6.92 Å². The molecule has 0 spiro atoms. The Hall–Kier alpha value is -1.84. The Morgan fingerprint density at radius 2 is 2.00 bits per heavy atom. The molecule has 2 aromatic rings. The normalized spacial score (nSPS) is 15.1. The Balaban J connectivity index is 0.00000320. The van der Waals surface area contributed by atoms with Gasteiger partial charge in [0, 0.05) is 32.4 Å². The molecule has 1 fully saturated rings. The average molecular weight is 525 g/mol. The summed E-state index contributed by atoms with van der Waals surface area (Å²) in [6.45, 7) is 10.1. The molecule has 2 N–H and O–H groups in total. The highest BCUT2D eigenvalue weighted by atomic mass is 127. The Morgan fingerprint density at radius 3 is 2.67 bits per heavy atom. The van der Waals surface area contributed by atoms with E-state index < -0.39 is 0 Å². The number of guanidine groups is 1. The Morgan fingerprint density at radius 1 is 1.23 bits per heavy atom. The number of aromatic nitrogens is 3. The third-order valence-electron chi connectivity index (χ3n) is 5.58. The average Bonchev–Trinajstić information content (AvgIpc) is 3.38. The van der Waals surface area contributed by atoms with Crippen molar-refractivity contribution in [2.75, 3.05) is 24.5 Å². The van der Waals surface area contributed by atoms with Crippen LogP contribution in [0.2, 0.25) is 0 Å². The minimum atomic E-state index is 0. The summed E-state index contributed by atoms with van der Waals surface area (Å²) in [5.74, 6) is 2.58. The highest BCUT2D eigenvalue weighted by Crippen LogP contribution is 2.24. The van der Waals surface area contributed by atoms with E-state index in [1.807, 2.05) is 18.5 Å². The maximum Gasteiger partial charge on any atom is 0.192 e. The fourth-order valence-corrected chi connectivity index (χ4v) is 3.53. The molecule has 0 radical (unpaired) electrons. The molecule has 30 heavy (non-hydrogen) atoms. The summed E-state index contributed by atoms with van der Waals surface area (Å²) in [7, 11) is 1.98. The van der Waals surface area contributed by atoms with E-state index in [1.165, 1.54) is 24.1 Å². The Bertz CT molecular complexity index is 812. The molecule has 8 heteroatoms. The third kappa shape index (κ3) is 6.58. The fourth-order valence-electron chi connectivity index (χ4n) is 3.53. The fraction of sp³-hybridized carbons (Fsp3) is 0.591. The van der Waals surface area contributed by atoms with Gasteiger partial charge in [-0.25, -0.2) is 4.99 Å². The summed E-state index contributed by atoms with van der Waals surface area (Å²) in [4.78, 5) is 7.24. The molecular weight excluding hydrogens is 489 g/mol. The van der Waals surface area contributed by atoms with Gasteiger partial charge in [0.2, 0.25) is 0 Å². The largest absolute Gasteiger partial charge is 0.372 e. The quantitative estimate of drug-likeness (QED) is 0.237. The number of benzene rings is 1. The van der Waals surface area contributed by atoms with Gasteiger partial charge in [-0.2, -0.15) is 0 Å². The number of unbranched alkanes of at least 4 members (excludes halogenated alkanes) is 1. The number of aliphatic imine (C=N–C) groups is 1. The Kier molecular flexibility index (Phi) is 9.87. The van der Waals surface area contributed by atoms with Gasteiger partial charge in [0.1, 0.15) is 12.4 Å². The molecule has 1 unspecified atom stereocenters. The first-order chi connectivity index (χ1) is 14.1. The smallest absolute Gasteiger partial charge is 0.192 e. The van der Waals surface area contributed by atoms with Crippen molar-refractivity contribution in [3.05, 3.63) is 41.5 Å². The van der Waals surface area contributed by atoms with E-state index in [0.717, 1.165) is 50.1 Å². The number of anilines is 1. The number of rotatable bonds is 8. The molecule has 166 valence electrons. The van der Waals surface area contributed by atoms with Crippen molar-refractivity contribution in [3.8, 4) is 0 Å². The molecule has 7 nitrogen and oxygen atoms in total. The van der Waals surface area contributed by atoms with Crippen LogP contribution in [0.15, 0.2) is 29.3 Å². The summed E-state index contributed by atoms with van der Waals surface area (Å²) < 4.78 is 1.98. The highest BCUT2D eigenvalue weighted by Gasteiger charge is 2.15. The summed E-state index contributed by atoms with van der Waals surface area (Å²) in [6, 6.07) is 9.02. The lowest BCUT2D eigenvalue weighted by atomic mass is 10.1. The van der Waals surface area contributed by atoms with Crippen LogP contribution in [0.4, 0.5) is 5.69 Å². The molecule has 1 aliphatic rings. The second kappa shape index (κ2) is 12.1. The molecule has 1 aromatic heterocycles. The third-order valence-corrected chi connectivity index (χ3v) is 5.58. The van der Waals surface area contributed by atoms with Gasteiger partial charge in [-0.1, -0.05) is 25.5 Å². The summed E-state index contributed by atoms with van der Waals surface area (Å²) in [5, 5.41) is 15.4. The van der Waals surface area contributed by atoms with Crippen LogP contribution in [0.1, 0.15) is 62.8 Å². The first-order valence-corrected chi connectivity index (χ1v) is 10.8. The zero-order chi connectivity index (χ0) is 20.6. The topological polar surface area (TPSA) is 70.4 Å². The van der Waals surface area contributed by atoms with Crippen LogP contribution in [0.3, 0.4) is 0 Å². The molecule has 2 heterocycles. The van der Waals surface area contributed by atoms with Crippen molar-refractivity contribution in [1.82, 2.24) is 25.4 Å². The van der Waals surface area contributed by atoms with Gasteiger partial charge >= 0.3 is 0 Å². The molecule has 0 saturated carbocycles. The van der Waals surface area contributed by atoms with Crippen molar-refractivity contribution < 1.29 is 0 Å². The monoisotopic (exact) mass is 525 g/mol. The number of hydrogen-bond donors (Lipinski definition) is 2. The van der Waals surface area contributed by atoms with Crippen molar-refractivity contribution in [1.29, 1.82) is 0 Å². The van der Waals surface area contributed by atoms with E-state index in [0.29, 0.717) is 6.54 Å². The maximum atomic E-state index is 4.77. The van der Waals surface area contributed by atoms with Crippen LogP contribution in [0.5, 0.6) is 0 Å². The number of hydrogen-bond acceptors (Lipinski definition) is 4. The van der Waals surface area contributed by atoms with Crippen LogP contribution < -0.4 is 15.5 Å². The lowest BCUT2D eigenvalue weighted by Crippen LogP contribution is -2.39. The van der Waals surface area contributed by atoms with E-state index in [9.17, 15) is 0 Å². The van der Waals surface area contributed by atoms with Crippen molar-refractivity contribution in [3.63, 3.8) is 0 Å². The van der Waals surface area contributed by atoms with Crippen molar-refractivity contribution in [2.24, 2.45) is 12.0 Å². The highest BCUT2D eigenvalue weighted by molar-refractivity contribution is 14.0. The predicted molar refractivity (Wildman–Crippen MR) is 135 cm³/mol. The van der Waals surface area contributed by atoms with Gasteiger partial charge in [-0.3, -0.25) is 0 Å². The van der Waals surface area contributed by atoms with E-state index in [4.69, 9.17) is 4.99 Å². The zero-order valence-electron chi connectivity index (χ0n) is 18.7. The van der Waals surface area contributed by atoms with Crippen LogP contribution >= 0.6 is 24.0 Å². The van der Waals surface area contributed by atoms with Gasteiger partial charge in [0.05, 0.1) is 6.04 Å². The minimum absolute atomic E-state index is 0. The lowest BCUT2D eigenvalue weighted by molar-refractivity contribution is 0.662. The summed E-state index contributed by atoms with van der Waals surface area (Å²) in [5.41, 5.74) is 2.59. The molecule has 1 atom stereocenters. The van der Waals surface area contributed by atoms with Crippen molar-refractivity contribution in [2.45, 2.75) is 59.0 Å². The molecule has 0 bridgehead atoms. The van der Waals surface area contributed by atoms with Crippen LogP contribution in [0.25, 0.3) is 0 Å². The number of nitrogens with zero attached hydrogens (tertiary/aromatic N) is 5. The first-order valence-electron chi connectivity index (χ1n) is 10.8. The standard InChI is InChI=1S/C22H35N7.HI/c1-5-6-12-23-22(24-16-21-27-26-18(3)28(21)4)25-17(2)19-10-9-11-20(15-19)29-13-7-8-14-29;/h9-11,15,17H,5-8,12-14,16H2,1-4H3,(H2,23,24,25);1H. The molecule has 1 aromatic carbocycles. The van der Waals surface area contributed by atoms with E-state index >= 15 is 0 Å². The van der Waals surface area contributed by atoms with Gasteiger partial charge in [0.15, 0.2) is 11.8 Å². The molecule has 1 saturated heterocycles. The SMILES string of the molecule is CCCCNC(=NCc1nnc(C)n1C)NC(C)c1cccc(N2CCCC2)c1.I. The van der Waals surface area contributed by atoms with Gasteiger partial charge < -0.3 is 20.1 Å². The van der Waals surface area contributed by atoms with Crippen LogP contribution in [-0.2, 0) is 13.6 Å².